The summed E-state index contributed by atoms with van der Waals surface area (Å²) >= 11 is 0. The van der Waals surface area contributed by atoms with Crippen molar-refractivity contribution in [2.24, 2.45) is 0 Å². The van der Waals surface area contributed by atoms with Gasteiger partial charge in [-0.05, 0) is 43.9 Å². The molecule has 2 aromatic carbocycles. The molecule has 10 heteroatoms. The van der Waals surface area contributed by atoms with Gasteiger partial charge in [0, 0.05) is 6.54 Å². The lowest BCUT2D eigenvalue weighted by Crippen LogP contribution is -2.35. The van der Waals surface area contributed by atoms with Crippen LogP contribution in [0.2, 0.25) is 0 Å². The Morgan fingerprint density at radius 1 is 1.10 bits per heavy atom. The SMILES string of the molecule is CN(C)C(CNC(=O)c1nnn(-c2ccc(F)cc2)c1C(F)(F)F)c1ccccc1. The molecular weight excluding hydrogens is 402 g/mol. The lowest BCUT2D eigenvalue weighted by atomic mass is 10.1. The Morgan fingerprint density at radius 3 is 2.30 bits per heavy atom. The van der Waals surface area contributed by atoms with Gasteiger partial charge in [-0.3, -0.25) is 4.79 Å². The van der Waals surface area contributed by atoms with Crippen LogP contribution in [0, 0.1) is 5.82 Å². The number of alkyl halides is 3. The fraction of sp³-hybridized carbons (Fsp3) is 0.250. The molecule has 0 spiro atoms. The molecular formula is C20H19F4N5O. The number of hydrogen-bond donors (Lipinski definition) is 1. The zero-order valence-electron chi connectivity index (χ0n) is 16.2. The van der Waals surface area contributed by atoms with Crippen molar-refractivity contribution in [2.75, 3.05) is 20.6 Å². The van der Waals surface area contributed by atoms with E-state index in [-0.39, 0.29) is 18.3 Å². The highest BCUT2D eigenvalue weighted by Gasteiger charge is 2.42. The van der Waals surface area contributed by atoms with Gasteiger partial charge >= 0.3 is 6.18 Å². The smallest absolute Gasteiger partial charge is 0.349 e. The Balaban J connectivity index is 1.88. The van der Waals surface area contributed by atoms with Gasteiger partial charge in [0.25, 0.3) is 5.91 Å². The first-order chi connectivity index (χ1) is 14.2. The van der Waals surface area contributed by atoms with Crippen LogP contribution in [-0.4, -0.2) is 46.4 Å². The number of benzene rings is 2. The topological polar surface area (TPSA) is 63.1 Å². The summed E-state index contributed by atoms with van der Waals surface area (Å²) in [6.45, 7) is 0.0660. The van der Waals surface area contributed by atoms with Crippen LogP contribution in [0.1, 0.15) is 27.8 Å². The summed E-state index contributed by atoms with van der Waals surface area (Å²) in [7, 11) is 3.60. The molecule has 3 aromatic rings. The maximum Gasteiger partial charge on any atom is 0.435 e. The van der Waals surface area contributed by atoms with Crippen molar-refractivity contribution in [1.82, 2.24) is 25.2 Å². The standard InChI is InChI=1S/C20H19F4N5O/c1-28(2)16(13-6-4-3-5-7-13)12-25-19(30)17-18(20(22,23)24)29(27-26-17)15-10-8-14(21)9-11-15/h3-11,16H,12H2,1-2H3,(H,25,30). The predicted octanol–water partition coefficient (Wildman–Crippen LogP) is 3.46. The second-order valence-electron chi connectivity index (χ2n) is 6.77. The van der Waals surface area contributed by atoms with E-state index in [1.54, 1.807) is 14.1 Å². The summed E-state index contributed by atoms with van der Waals surface area (Å²) in [5.74, 6) is -1.61. The van der Waals surface area contributed by atoms with E-state index >= 15 is 0 Å². The molecule has 0 aliphatic carbocycles. The summed E-state index contributed by atoms with van der Waals surface area (Å²) in [5.41, 5.74) is -1.34. The van der Waals surface area contributed by atoms with Crippen molar-refractivity contribution in [3.05, 3.63) is 77.4 Å². The molecule has 0 saturated carbocycles. The van der Waals surface area contributed by atoms with E-state index in [0.29, 0.717) is 4.68 Å². The van der Waals surface area contributed by atoms with E-state index in [0.717, 1.165) is 29.8 Å². The Bertz CT molecular complexity index is 1000. The van der Waals surface area contributed by atoms with Gasteiger partial charge < -0.3 is 10.2 Å². The molecule has 1 aromatic heterocycles. The van der Waals surface area contributed by atoms with Gasteiger partial charge in [0.2, 0.25) is 0 Å². The highest BCUT2D eigenvalue weighted by Crippen LogP contribution is 2.32. The zero-order chi connectivity index (χ0) is 21.9. The maximum atomic E-state index is 13.7. The van der Waals surface area contributed by atoms with Gasteiger partial charge in [0.1, 0.15) is 5.82 Å². The van der Waals surface area contributed by atoms with Gasteiger partial charge in [0.05, 0.1) is 11.7 Å². The molecule has 0 saturated heterocycles. The lowest BCUT2D eigenvalue weighted by Gasteiger charge is -2.25. The Kier molecular flexibility index (Phi) is 6.16. The van der Waals surface area contributed by atoms with Crippen molar-refractivity contribution in [1.29, 1.82) is 0 Å². The van der Waals surface area contributed by atoms with E-state index in [9.17, 15) is 22.4 Å². The molecule has 0 aliphatic rings. The van der Waals surface area contributed by atoms with Gasteiger partial charge in [-0.2, -0.15) is 13.2 Å². The second-order valence-corrected chi connectivity index (χ2v) is 6.77. The predicted molar refractivity (Wildman–Crippen MR) is 102 cm³/mol. The number of rotatable bonds is 6. The third-order valence-corrected chi connectivity index (χ3v) is 4.49. The number of amides is 1. The molecule has 1 amide bonds. The number of nitrogens with zero attached hydrogens (tertiary/aromatic N) is 4. The molecule has 0 radical (unpaired) electrons. The Labute approximate surface area is 170 Å². The van der Waals surface area contributed by atoms with Crippen LogP contribution in [0.3, 0.4) is 0 Å². The van der Waals surface area contributed by atoms with Gasteiger partial charge in [0.15, 0.2) is 11.4 Å². The molecule has 1 unspecified atom stereocenters. The highest BCUT2D eigenvalue weighted by atomic mass is 19.4. The highest BCUT2D eigenvalue weighted by molar-refractivity contribution is 5.93. The van der Waals surface area contributed by atoms with Crippen LogP contribution < -0.4 is 5.32 Å². The minimum Gasteiger partial charge on any atom is -0.349 e. The fourth-order valence-electron chi connectivity index (χ4n) is 3.00. The number of halogens is 4. The number of hydrogen-bond acceptors (Lipinski definition) is 4. The summed E-state index contributed by atoms with van der Waals surface area (Å²) in [6, 6.07) is 13.2. The first-order valence-electron chi connectivity index (χ1n) is 8.97. The Hall–Kier alpha value is -3.27. The van der Waals surface area contributed by atoms with E-state index in [1.165, 1.54) is 0 Å². The average molecular weight is 421 g/mol. The average Bonchev–Trinajstić information content (AvgIpc) is 3.15. The van der Waals surface area contributed by atoms with E-state index in [2.05, 4.69) is 15.6 Å². The molecule has 0 fully saturated rings. The van der Waals surface area contributed by atoms with Crippen LogP contribution in [-0.2, 0) is 6.18 Å². The number of nitrogens with one attached hydrogen (secondary N) is 1. The van der Waals surface area contributed by atoms with E-state index < -0.39 is 29.3 Å². The summed E-state index contributed by atoms with van der Waals surface area (Å²) in [6.07, 6.45) is -4.90. The van der Waals surface area contributed by atoms with Crippen LogP contribution >= 0.6 is 0 Å². The van der Waals surface area contributed by atoms with Gasteiger partial charge in [-0.1, -0.05) is 35.5 Å². The third-order valence-electron chi connectivity index (χ3n) is 4.49. The van der Waals surface area contributed by atoms with Gasteiger partial charge in [-0.15, -0.1) is 5.10 Å². The first kappa shape index (κ1) is 21.4. The van der Waals surface area contributed by atoms with Crippen molar-refractivity contribution < 1.29 is 22.4 Å². The minimum absolute atomic E-state index is 0.0641. The third kappa shape index (κ3) is 4.65. The fourth-order valence-corrected chi connectivity index (χ4v) is 3.00. The molecule has 6 nitrogen and oxygen atoms in total. The molecule has 1 heterocycles. The number of carbonyl (C=O) groups excluding carboxylic acids is 1. The normalized spacial score (nSPS) is 12.8. The molecule has 0 bridgehead atoms. The number of likely N-dealkylation sites (N-methyl/N-ethyl adjacent to an activating group) is 1. The van der Waals surface area contributed by atoms with Crippen molar-refractivity contribution in [2.45, 2.75) is 12.2 Å². The van der Waals surface area contributed by atoms with E-state index in [4.69, 9.17) is 0 Å². The van der Waals surface area contributed by atoms with Crippen LogP contribution in [0.5, 0.6) is 0 Å². The molecule has 1 atom stereocenters. The zero-order valence-corrected chi connectivity index (χ0v) is 16.2. The molecule has 30 heavy (non-hydrogen) atoms. The Morgan fingerprint density at radius 2 is 1.73 bits per heavy atom. The number of aromatic nitrogens is 3. The summed E-state index contributed by atoms with van der Waals surface area (Å²) in [4.78, 5) is 14.4. The van der Waals surface area contributed by atoms with Crippen molar-refractivity contribution >= 4 is 5.91 Å². The van der Waals surface area contributed by atoms with Crippen molar-refractivity contribution in [3.63, 3.8) is 0 Å². The minimum atomic E-state index is -4.90. The molecule has 158 valence electrons. The molecule has 1 N–H and O–H groups in total. The number of carbonyl (C=O) groups is 1. The largest absolute Gasteiger partial charge is 0.435 e. The molecule has 3 rings (SSSR count). The summed E-state index contributed by atoms with van der Waals surface area (Å²) < 4.78 is 54.7. The maximum absolute atomic E-state index is 13.7. The van der Waals surface area contributed by atoms with Crippen LogP contribution in [0.25, 0.3) is 5.69 Å². The summed E-state index contributed by atoms with van der Waals surface area (Å²) in [5, 5.41) is 9.44. The van der Waals surface area contributed by atoms with Crippen molar-refractivity contribution in [3.8, 4) is 5.69 Å². The van der Waals surface area contributed by atoms with Crippen LogP contribution in [0.15, 0.2) is 54.6 Å². The second kappa shape index (κ2) is 8.62. The monoisotopic (exact) mass is 421 g/mol. The van der Waals surface area contributed by atoms with Crippen LogP contribution in [0.4, 0.5) is 17.6 Å². The van der Waals surface area contributed by atoms with E-state index in [1.807, 2.05) is 35.2 Å². The quantitative estimate of drug-likeness (QED) is 0.620. The first-order valence-corrected chi connectivity index (χ1v) is 8.97. The lowest BCUT2D eigenvalue weighted by molar-refractivity contribution is -0.143. The molecule has 0 aliphatic heterocycles. The van der Waals surface area contributed by atoms with Gasteiger partial charge in [-0.25, -0.2) is 9.07 Å².